The van der Waals surface area contributed by atoms with Crippen LogP contribution < -0.4 is 11.1 Å². The maximum absolute atomic E-state index is 12.5. The molecular weight excluding hydrogens is 240 g/mol. The van der Waals surface area contributed by atoms with Gasteiger partial charge in [-0.05, 0) is 32.1 Å². The number of hydrogen-bond acceptors (Lipinski definition) is 3. The van der Waals surface area contributed by atoms with Crippen LogP contribution in [0.2, 0.25) is 0 Å². The lowest BCUT2D eigenvalue weighted by atomic mass is 9.78. The van der Waals surface area contributed by atoms with E-state index in [1.165, 1.54) is 6.42 Å². The van der Waals surface area contributed by atoms with Crippen LogP contribution in [0.5, 0.6) is 0 Å². The predicted molar refractivity (Wildman–Crippen MR) is 77.9 cm³/mol. The first-order chi connectivity index (χ1) is 9.18. The number of ether oxygens (including phenoxy) is 1. The van der Waals surface area contributed by atoms with Crippen molar-refractivity contribution in [3.05, 3.63) is 0 Å². The molecule has 19 heavy (non-hydrogen) atoms. The molecule has 1 atom stereocenters. The lowest BCUT2D eigenvalue weighted by Gasteiger charge is -2.32. The van der Waals surface area contributed by atoms with Crippen LogP contribution in [0.15, 0.2) is 0 Å². The van der Waals surface area contributed by atoms with Crippen LogP contribution in [0, 0.1) is 5.41 Å². The van der Waals surface area contributed by atoms with E-state index in [1.54, 1.807) is 0 Å². The Kier molecular flexibility index (Phi) is 7.39. The molecule has 1 fully saturated rings. The van der Waals surface area contributed by atoms with Crippen molar-refractivity contribution in [2.75, 3.05) is 19.7 Å². The highest BCUT2D eigenvalue weighted by Gasteiger charge is 2.35. The number of nitrogens with one attached hydrogen (secondary N) is 1. The second kappa shape index (κ2) is 8.54. The van der Waals surface area contributed by atoms with Crippen LogP contribution in [0.1, 0.15) is 58.8 Å². The third-order valence-corrected chi connectivity index (χ3v) is 4.09. The summed E-state index contributed by atoms with van der Waals surface area (Å²) in [6.07, 6.45) is 7.31. The molecule has 0 aromatic rings. The van der Waals surface area contributed by atoms with Crippen molar-refractivity contribution in [2.24, 2.45) is 11.1 Å². The van der Waals surface area contributed by atoms with E-state index >= 15 is 0 Å². The Bertz CT molecular complexity index is 257. The molecule has 0 radical (unpaired) electrons. The average molecular weight is 270 g/mol. The molecule has 0 saturated carbocycles. The number of carbonyl (C=O) groups excluding carboxylic acids is 1. The maximum atomic E-state index is 12.5. The van der Waals surface area contributed by atoms with Crippen molar-refractivity contribution in [2.45, 2.75) is 64.9 Å². The summed E-state index contributed by atoms with van der Waals surface area (Å²) in [4.78, 5) is 12.5. The van der Waals surface area contributed by atoms with E-state index in [-0.39, 0.29) is 17.4 Å². The van der Waals surface area contributed by atoms with Crippen LogP contribution in [0.25, 0.3) is 0 Å². The van der Waals surface area contributed by atoms with E-state index in [1.807, 2.05) is 0 Å². The summed E-state index contributed by atoms with van der Waals surface area (Å²) >= 11 is 0. The summed E-state index contributed by atoms with van der Waals surface area (Å²) in [5.74, 6) is 0.118. The Morgan fingerprint density at radius 2 is 2.00 bits per heavy atom. The minimum absolute atomic E-state index is 0.118. The number of hydrogen-bond donors (Lipinski definition) is 2. The summed E-state index contributed by atoms with van der Waals surface area (Å²) in [5, 5.41) is 3.07. The molecule has 1 heterocycles. The highest BCUT2D eigenvalue weighted by molar-refractivity contribution is 5.82. The van der Waals surface area contributed by atoms with Gasteiger partial charge in [-0.25, -0.2) is 0 Å². The van der Waals surface area contributed by atoms with Crippen LogP contribution >= 0.6 is 0 Å². The van der Waals surface area contributed by atoms with Crippen LogP contribution in [0.4, 0.5) is 0 Å². The number of carbonyl (C=O) groups is 1. The molecule has 1 saturated heterocycles. The topological polar surface area (TPSA) is 64.4 Å². The quantitative estimate of drug-likeness (QED) is 0.711. The normalized spacial score (nSPS) is 20.3. The van der Waals surface area contributed by atoms with Crippen LogP contribution in [0.3, 0.4) is 0 Å². The summed E-state index contributed by atoms with van der Waals surface area (Å²) in [6.45, 7) is 6.11. The van der Waals surface area contributed by atoms with Gasteiger partial charge in [-0.2, -0.15) is 0 Å². The van der Waals surface area contributed by atoms with Gasteiger partial charge in [0.2, 0.25) is 5.91 Å². The second-order valence-corrected chi connectivity index (χ2v) is 5.68. The molecule has 1 unspecified atom stereocenters. The van der Waals surface area contributed by atoms with E-state index in [9.17, 15) is 4.79 Å². The molecule has 3 N–H and O–H groups in total. The molecule has 1 aliphatic heterocycles. The molecule has 1 rings (SSSR count). The molecule has 4 nitrogen and oxygen atoms in total. The largest absolute Gasteiger partial charge is 0.376 e. The first kappa shape index (κ1) is 16.4. The molecule has 4 heteroatoms. The summed E-state index contributed by atoms with van der Waals surface area (Å²) in [6, 6.07) is 0. The van der Waals surface area contributed by atoms with Gasteiger partial charge < -0.3 is 15.8 Å². The fourth-order valence-corrected chi connectivity index (χ4v) is 2.97. The lowest BCUT2D eigenvalue weighted by Crippen LogP contribution is -2.48. The molecule has 0 spiro atoms. The third kappa shape index (κ3) is 4.77. The molecule has 0 aliphatic carbocycles. The van der Waals surface area contributed by atoms with Gasteiger partial charge in [-0.15, -0.1) is 0 Å². The minimum atomic E-state index is -0.377. The first-order valence-corrected chi connectivity index (χ1v) is 7.78. The Hall–Kier alpha value is -0.610. The Balaban J connectivity index is 2.50. The molecule has 1 amide bonds. The molecule has 112 valence electrons. The van der Waals surface area contributed by atoms with Crippen molar-refractivity contribution in [3.63, 3.8) is 0 Å². The van der Waals surface area contributed by atoms with Gasteiger partial charge in [0.1, 0.15) is 0 Å². The predicted octanol–water partition coefficient (Wildman–Crippen LogP) is 2.22. The molecule has 0 bridgehead atoms. The fourth-order valence-electron chi connectivity index (χ4n) is 2.97. The van der Waals surface area contributed by atoms with Crippen molar-refractivity contribution >= 4 is 5.91 Å². The van der Waals surface area contributed by atoms with Gasteiger partial charge >= 0.3 is 0 Å². The van der Waals surface area contributed by atoms with E-state index in [0.717, 1.165) is 45.1 Å². The first-order valence-electron chi connectivity index (χ1n) is 7.78. The van der Waals surface area contributed by atoms with E-state index in [2.05, 4.69) is 19.2 Å². The molecule has 0 aromatic heterocycles. The maximum Gasteiger partial charge on any atom is 0.227 e. The number of nitrogens with two attached hydrogens (primary N) is 1. The zero-order chi connectivity index (χ0) is 14.1. The van der Waals surface area contributed by atoms with Crippen molar-refractivity contribution in [1.29, 1.82) is 0 Å². The Morgan fingerprint density at radius 3 is 2.47 bits per heavy atom. The van der Waals surface area contributed by atoms with Gasteiger partial charge in [-0.3, -0.25) is 4.79 Å². The SMILES string of the molecule is CCCC(CN)(CCC)C(=O)NCC1CCCCO1. The summed E-state index contributed by atoms with van der Waals surface area (Å²) < 4.78 is 5.65. The second-order valence-electron chi connectivity index (χ2n) is 5.68. The summed E-state index contributed by atoms with van der Waals surface area (Å²) in [7, 11) is 0. The molecular formula is C15H30N2O2. The number of rotatable bonds is 8. The van der Waals surface area contributed by atoms with E-state index < -0.39 is 0 Å². The number of amides is 1. The van der Waals surface area contributed by atoms with Crippen molar-refractivity contribution < 1.29 is 9.53 Å². The highest BCUT2D eigenvalue weighted by Crippen LogP contribution is 2.29. The Labute approximate surface area is 117 Å². The van der Waals surface area contributed by atoms with Gasteiger partial charge in [0, 0.05) is 19.7 Å². The van der Waals surface area contributed by atoms with E-state index in [4.69, 9.17) is 10.5 Å². The van der Waals surface area contributed by atoms with Crippen molar-refractivity contribution in [1.82, 2.24) is 5.32 Å². The monoisotopic (exact) mass is 270 g/mol. The van der Waals surface area contributed by atoms with Gasteiger partial charge in [0.25, 0.3) is 0 Å². The van der Waals surface area contributed by atoms with Gasteiger partial charge in [0.15, 0.2) is 0 Å². The molecule has 1 aliphatic rings. The highest BCUT2D eigenvalue weighted by atomic mass is 16.5. The lowest BCUT2D eigenvalue weighted by molar-refractivity contribution is -0.132. The standard InChI is InChI=1S/C15H30N2O2/c1-3-8-15(12-16,9-4-2)14(18)17-11-13-7-5-6-10-19-13/h13H,3-12,16H2,1-2H3,(H,17,18). The van der Waals surface area contributed by atoms with Crippen LogP contribution in [-0.4, -0.2) is 31.7 Å². The Morgan fingerprint density at radius 1 is 1.32 bits per heavy atom. The molecule has 0 aromatic carbocycles. The smallest absolute Gasteiger partial charge is 0.227 e. The third-order valence-electron chi connectivity index (χ3n) is 4.09. The average Bonchev–Trinajstić information content (AvgIpc) is 2.45. The minimum Gasteiger partial charge on any atom is -0.376 e. The fraction of sp³-hybridized carbons (Fsp3) is 0.933. The van der Waals surface area contributed by atoms with Gasteiger partial charge in [0.05, 0.1) is 11.5 Å². The zero-order valence-corrected chi connectivity index (χ0v) is 12.5. The van der Waals surface area contributed by atoms with Crippen LogP contribution in [-0.2, 0) is 9.53 Å². The summed E-state index contributed by atoms with van der Waals surface area (Å²) in [5.41, 5.74) is 5.52. The van der Waals surface area contributed by atoms with Gasteiger partial charge in [-0.1, -0.05) is 26.7 Å². The zero-order valence-electron chi connectivity index (χ0n) is 12.5. The van der Waals surface area contributed by atoms with Crippen molar-refractivity contribution in [3.8, 4) is 0 Å². The van der Waals surface area contributed by atoms with E-state index in [0.29, 0.717) is 13.1 Å².